The number of rotatable bonds is 12. The minimum Gasteiger partial charge on any atom is -0.459 e. The first kappa shape index (κ1) is 20.8. The third kappa shape index (κ3) is 12.5. The summed E-state index contributed by atoms with van der Waals surface area (Å²) in [5.41, 5.74) is 0. The second-order valence-electron chi connectivity index (χ2n) is 3.98. The average Bonchev–Trinajstić information content (AvgIpc) is 2.54. The summed E-state index contributed by atoms with van der Waals surface area (Å²) in [6, 6.07) is 0. The molecular weight excluding hydrogens is 314 g/mol. The Hall–Kier alpha value is -1.20. The molecule has 1 atom stereocenters. The standard InChI is InChI=1S/C17H27NO2S2/c1-5-9-14-20-17(19-13-7-3)11-12-18(21-15-8-4)22-16-10-6-2/h7-17H,5-6H2,1-4H3. The molecule has 0 rings (SSSR count). The van der Waals surface area contributed by atoms with Crippen molar-refractivity contribution in [1.82, 2.24) is 3.71 Å². The molecule has 124 valence electrons. The first-order valence-electron chi connectivity index (χ1n) is 7.42. The molecule has 0 spiro atoms. The third-order valence-electron chi connectivity index (χ3n) is 2.06. The highest BCUT2D eigenvalue weighted by molar-refractivity contribution is 8.14. The van der Waals surface area contributed by atoms with Crippen molar-refractivity contribution in [3.05, 3.63) is 59.9 Å². The summed E-state index contributed by atoms with van der Waals surface area (Å²) >= 11 is 3.21. The van der Waals surface area contributed by atoms with Gasteiger partial charge in [-0.3, -0.25) is 3.71 Å². The van der Waals surface area contributed by atoms with Gasteiger partial charge in [-0.1, -0.05) is 32.1 Å². The maximum absolute atomic E-state index is 5.54. The fourth-order valence-corrected chi connectivity index (χ4v) is 2.48. The van der Waals surface area contributed by atoms with E-state index in [0.717, 1.165) is 12.8 Å². The quantitative estimate of drug-likeness (QED) is 0.233. The molecule has 0 radical (unpaired) electrons. The number of hydrogen-bond donors (Lipinski definition) is 0. The van der Waals surface area contributed by atoms with Crippen LogP contribution in [0.2, 0.25) is 0 Å². The maximum Gasteiger partial charge on any atom is 0.260 e. The van der Waals surface area contributed by atoms with Crippen molar-refractivity contribution in [3.8, 4) is 0 Å². The average molecular weight is 342 g/mol. The predicted molar refractivity (Wildman–Crippen MR) is 101 cm³/mol. The van der Waals surface area contributed by atoms with E-state index in [9.17, 15) is 0 Å². The molecule has 0 saturated heterocycles. The molecule has 5 heteroatoms. The molecule has 3 nitrogen and oxygen atoms in total. The molecule has 0 N–H and O–H groups in total. The summed E-state index contributed by atoms with van der Waals surface area (Å²) in [6.07, 6.45) is 16.5. The molecule has 0 heterocycles. The van der Waals surface area contributed by atoms with E-state index in [-0.39, 0.29) is 0 Å². The predicted octanol–water partition coefficient (Wildman–Crippen LogP) is 6.37. The van der Waals surface area contributed by atoms with E-state index in [1.54, 1.807) is 36.4 Å². The molecule has 0 aliphatic heterocycles. The van der Waals surface area contributed by atoms with Gasteiger partial charge in [-0.2, -0.15) is 0 Å². The molecule has 0 amide bonds. The van der Waals surface area contributed by atoms with E-state index >= 15 is 0 Å². The molecule has 0 aliphatic rings. The molecule has 0 aromatic heterocycles. The van der Waals surface area contributed by atoms with Gasteiger partial charge in [0, 0.05) is 12.3 Å². The van der Waals surface area contributed by atoms with Crippen LogP contribution in [0.1, 0.15) is 40.5 Å². The summed E-state index contributed by atoms with van der Waals surface area (Å²) in [4.78, 5) is 0. The molecule has 22 heavy (non-hydrogen) atoms. The molecule has 0 fully saturated rings. The summed E-state index contributed by atoms with van der Waals surface area (Å²) in [5.74, 6) is 0. The van der Waals surface area contributed by atoms with Crippen molar-refractivity contribution < 1.29 is 9.47 Å². The van der Waals surface area contributed by atoms with E-state index in [0.29, 0.717) is 0 Å². The van der Waals surface area contributed by atoms with Gasteiger partial charge in [0.2, 0.25) is 0 Å². The van der Waals surface area contributed by atoms with E-state index < -0.39 is 6.29 Å². The fourth-order valence-electron chi connectivity index (χ4n) is 1.06. The van der Waals surface area contributed by atoms with Gasteiger partial charge >= 0.3 is 0 Å². The first-order valence-corrected chi connectivity index (χ1v) is 9.10. The first-order chi connectivity index (χ1) is 10.8. The fraction of sp³-hybridized carbons (Fsp3) is 0.412. The lowest BCUT2D eigenvalue weighted by Gasteiger charge is -2.16. The third-order valence-corrected chi connectivity index (χ3v) is 3.94. The van der Waals surface area contributed by atoms with Crippen molar-refractivity contribution in [3.63, 3.8) is 0 Å². The Morgan fingerprint density at radius 1 is 0.909 bits per heavy atom. The Morgan fingerprint density at radius 2 is 1.59 bits per heavy atom. The maximum atomic E-state index is 5.54. The van der Waals surface area contributed by atoms with E-state index in [1.807, 2.05) is 53.5 Å². The largest absolute Gasteiger partial charge is 0.459 e. The molecule has 0 aliphatic carbocycles. The Bertz CT molecular complexity index is 354. The van der Waals surface area contributed by atoms with Gasteiger partial charge in [0.1, 0.15) is 0 Å². The zero-order chi connectivity index (χ0) is 16.5. The Balaban J connectivity index is 4.69. The highest BCUT2D eigenvalue weighted by Gasteiger charge is 2.03. The lowest BCUT2D eigenvalue weighted by atomic mass is 10.5. The topological polar surface area (TPSA) is 21.7 Å². The minimum atomic E-state index is -0.441. The molecule has 1 unspecified atom stereocenters. The van der Waals surface area contributed by atoms with Crippen LogP contribution >= 0.6 is 23.9 Å². The number of allylic oxidation sites excluding steroid dienone is 4. The second kappa shape index (κ2) is 16.2. The number of ether oxygens (including phenoxy) is 2. The van der Waals surface area contributed by atoms with Gasteiger partial charge in [-0.15, -0.1) is 0 Å². The lowest BCUT2D eigenvalue weighted by molar-refractivity contribution is -0.0237. The van der Waals surface area contributed by atoms with Gasteiger partial charge in [0.25, 0.3) is 6.29 Å². The van der Waals surface area contributed by atoms with Crippen LogP contribution in [-0.4, -0.2) is 10.0 Å². The van der Waals surface area contributed by atoms with E-state index in [1.165, 1.54) is 0 Å². The summed E-state index contributed by atoms with van der Waals surface area (Å²) < 4.78 is 13.1. The lowest BCUT2D eigenvalue weighted by Crippen LogP contribution is -2.09. The van der Waals surface area contributed by atoms with Crippen LogP contribution in [0.3, 0.4) is 0 Å². The smallest absolute Gasteiger partial charge is 0.260 e. The Labute approximate surface area is 144 Å². The minimum absolute atomic E-state index is 0.441. The second-order valence-corrected chi connectivity index (χ2v) is 5.96. The summed E-state index contributed by atoms with van der Waals surface area (Å²) in [7, 11) is 0. The van der Waals surface area contributed by atoms with Crippen molar-refractivity contribution in [2.75, 3.05) is 0 Å². The van der Waals surface area contributed by atoms with E-state index in [4.69, 9.17) is 9.47 Å². The highest BCUT2D eigenvalue weighted by atomic mass is 32.2. The number of hydrogen-bond acceptors (Lipinski definition) is 5. The zero-order valence-corrected chi connectivity index (χ0v) is 15.5. The SMILES string of the molecule is CC=COC(C=CN(SC=CC)SC=CCC)OC=CCC. The van der Waals surface area contributed by atoms with Crippen LogP contribution in [0.15, 0.2) is 59.9 Å². The Morgan fingerprint density at radius 3 is 2.23 bits per heavy atom. The van der Waals surface area contributed by atoms with Gasteiger partial charge in [-0.05, 0) is 67.5 Å². The molecule has 0 saturated carbocycles. The van der Waals surface area contributed by atoms with Crippen LogP contribution in [0.25, 0.3) is 0 Å². The highest BCUT2D eigenvalue weighted by Crippen LogP contribution is 2.24. The van der Waals surface area contributed by atoms with Crippen molar-refractivity contribution in [1.29, 1.82) is 0 Å². The molecule has 0 bridgehead atoms. The monoisotopic (exact) mass is 341 g/mol. The van der Waals surface area contributed by atoms with Crippen molar-refractivity contribution in [2.45, 2.75) is 46.8 Å². The van der Waals surface area contributed by atoms with Crippen LogP contribution in [-0.2, 0) is 9.47 Å². The zero-order valence-electron chi connectivity index (χ0n) is 13.8. The molecule has 0 aromatic rings. The van der Waals surface area contributed by atoms with Gasteiger partial charge in [-0.25, -0.2) is 0 Å². The summed E-state index contributed by atoms with van der Waals surface area (Å²) in [6.45, 7) is 8.08. The number of nitrogens with zero attached hydrogens (tertiary/aromatic N) is 1. The van der Waals surface area contributed by atoms with Crippen LogP contribution in [0.4, 0.5) is 0 Å². The van der Waals surface area contributed by atoms with Crippen molar-refractivity contribution in [2.24, 2.45) is 0 Å². The van der Waals surface area contributed by atoms with Crippen molar-refractivity contribution >= 4 is 23.9 Å². The van der Waals surface area contributed by atoms with Gasteiger partial charge in [0.05, 0.1) is 12.5 Å². The molecular formula is C17H27NO2S2. The summed E-state index contributed by atoms with van der Waals surface area (Å²) in [5, 5.41) is 4.09. The molecule has 0 aromatic carbocycles. The van der Waals surface area contributed by atoms with Crippen LogP contribution < -0.4 is 0 Å². The van der Waals surface area contributed by atoms with Crippen LogP contribution in [0.5, 0.6) is 0 Å². The van der Waals surface area contributed by atoms with Gasteiger partial charge < -0.3 is 9.47 Å². The Kier molecular flexibility index (Phi) is 15.3. The van der Waals surface area contributed by atoms with Crippen LogP contribution in [0, 0.1) is 0 Å². The normalized spacial score (nSPS) is 14.0. The van der Waals surface area contributed by atoms with E-state index in [2.05, 4.69) is 25.3 Å². The van der Waals surface area contributed by atoms with Gasteiger partial charge in [0.15, 0.2) is 0 Å².